The van der Waals surface area contributed by atoms with Gasteiger partial charge in [-0.05, 0) is 24.0 Å². The minimum absolute atomic E-state index is 0.204. The Bertz CT molecular complexity index is 863. The average Bonchev–Trinajstić information content (AvgIpc) is 3.03. The standard InChI is InChI=1S/C20H21N3O/c1-14(2)12-19(15-8-4-3-5-9-15)22-23-20(24)17-13-21-18-11-7-6-10-16(17)18/h3-11,13-14,21H,12H2,1-2H3,(H,23,24)/b22-19-. The maximum Gasteiger partial charge on any atom is 0.273 e. The molecule has 1 heterocycles. The minimum atomic E-state index is -0.204. The highest BCUT2D eigenvalue weighted by molar-refractivity contribution is 6.07. The summed E-state index contributed by atoms with van der Waals surface area (Å²) in [6.07, 6.45) is 2.53. The topological polar surface area (TPSA) is 57.2 Å². The van der Waals surface area contributed by atoms with E-state index in [1.807, 2.05) is 54.6 Å². The molecule has 24 heavy (non-hydrogen) atoms. The molecule has 3 aromatic rings. The van der Waals surface area contributed by atoms with E-state index in [2.05, 4.69) is 29.4 Å². The molecule has 0 aliphatic rings. The van der Waals surface area contributed by atoms with Gasteiger partial charge in [0, 0.05) is 17.1 Å². The van der Waals surface area contributed by atoms with E-state index in [9.17, 15) is 4.79 Å². The summed E-state index contributed by atoms with van der Waals surface area (Å²) >= 11 is 0. The van der Waals surface area contributed by atoms with Gasteiger partial charge in [-0.2, -0.15) is 5.10 Å². The molecule has 0 radical (unpaired) electrons. The predicted octanol–water partition coefficient (Wildman–Crippen LogP) is 4.35. The fourth-order valence-corrected chi connectivity index (χ4v) is 2.68. The number of hydrogen-bond donors (Lipinski definition) is 2. The summed E-state index contributed by atoms with van der Waals surface area (Å²) in [7, 11) is 0. The van der Waals surface area contributed by atoms with Gasteiger partial charge in [0.15, 0.2) is 0 Å². The Kier molecular flexibility index (Phi) is 4.75. The number of para-hydroxylation sites is 1. The molecule has 0 atom stereocenters. The molecular formula is C20H21N3O. The Hall–Kier alpha value is -2.88. The van der Waals surface area contributed by atoms with Crippen LogP contribution in [0.5, 0.6) is 0 Å². The molecule has 4 nitrogen and oxygen atoms in total. The van der Waals surface area contributed by atoms with Gasteiger partial charge in [0.25, 0.3) is 5.91 Å². The highest BCUT2D eigenvalue weighted by Gasteiger charge is 2.12. The fraction of sp³-hybridized carbons (Fsp3) is 0.200. The molecule has 122 valence electrons. The largest absolute Gasteiger partial charge is 0.360 e. The Morgan fingerprint density at radius 1 is 1.08 bits per heavy atom. The Morgan fingerprint density at radius 3 is 2.54 bits per heavy atom. The van der Waals surface area contributed by atoms with Crippen LogP contribution in [-0.2, 0) is 0 Å². The maximum absolute atomic E-state index is 12.5. The van der Waals surface area contributed by atoms with Gasteiger partial charge in [0.2, 0.25) is 0 Å². The van der Waals surface area contributed by atoms with Crippen molar-refractivity contribution < 1.29 is 4.79 Å². The number of nitrogens with one attached hydrogen (secondary N) is 2. The first-order chi connectivity index (χ1) is 11.6. The summed E-state index contributed by atoms with van der Waals surface area (Å²) in [5.41, 5.74) is 6.18. The van der Waals surface area contributed by atoms with Crippen LogP contribution in [0, 0.1) is 5.92 Å². The summed E-state index contributed by atoms with van der Waals surface area (Å²) in [6, 6.07) is 17.7. The summed E-state index contributed by atoms with van der Waals surface area (Å²) in [4.78, 5) is 15.6. The number of benzene rings is 2. The van der Waals surface area contributed by atoms with Gasteiger partial charge in [-0.3, -0.25) is 4.79 Å². The molecule has 2 aromatic carbocycles. The van der Waals surface area contributed by atoms with Crippen LogP contribution in [0.1, 0.15) is 36.2 Å². The van der Waals surface area contributed by atoms with Crippen molar-refractivity contribution in [2.24, 2.45) is 11.0 Å². The molecule has 0 saturated carbocycles. The lowest BCUT2D eigenvalue weighted by Gasteiger charge is -2.09. The molecule has 0 spiro atoms. The second kappa shape index (κ2) is 7.13. The number of hydrazone groups is 1. The normalized spacial score (nSPS) is 11.9. The molecule has 0 bridgehead atoms. The quantitative estimate of drug-likeness (QED) is 0.533. The summed E-state index contributed by atoms with van der Waals surface area (Å²) in [5, 5.41) is 5.30. The van der Waals surface area contributed by atoms with Crippen LogP contribution in [0.25, 0.3) is 10.9 Å². The minimum Gasteiger partial charge on any atom is -0.360 e. The molecule has 0 unspecified atom stereocenters. The van der Waals surface area contributed by atoms with Crippen LogP contribution in [0.15, 0.2) is 65.9 Å². The highest BCUT2D eigenvalue weighted by Crippen LogP contribution is 2.17. The van der Waals surface area contributed by atoms with E-state index in [1.165, 1.54) is 0 Å². The monoisotopic (exact) mass is 319 g/mol. The zero-order valence-corrected chi connectivity index (χ0v) is 13.9. The third kappa shape index (κ3) is 3.54. The van der Waals surface area contributed by atoms with Crippen LogP contribution in [0.3, 0.4) is 0 Å². The first kappa shape index (κ1) is 16.0. The lowest BCUT2D eigenvalue weighted by atomic mass is 10.0. The maximum atomic E-state index is 12.5. The second-order valence-electron chi connectivity index (χ2n) is 6.21. The number of rotatable bonds is 5. The SMILES string of the molecule is CC(C)C/C(=N/NC(=O)c1c[nH]c2ccccc12)c1ccccc1. The highest BCUT2D eigenvalue weighted by atomic mass is 16.2. The third-order valence-electron chi connectivity index (χ3n) is 3.83. The molecular weight excluding hydrogens is 298 g/mol. The molecule has 0 aliphatic carbocycles. The van der Waals surface area contributed by atoms with Crippen LogP contribution in [0.4, 0.5) is 0 Å². The van der Waals surface area contributed by atoms with E-state index in [4.69, 9.17) is 0 Å². The molecule has 0 fully saturated rings. The Balaban J connectivity index is 1.84. The van der Waals surface area contributed by atoms with E-state index in [0.717, 1.165) is 28.6 Å². The van der Waals surface area contributed by atoms with Crippen molar-refractivity contribution in [1.82, 2.24) is 10.4 Å². The number of amides is 1. The number of hydrogen-bond acceptors (Lipinski definition) is 2. The van der Waals surface area contributed by atoms with Gasteiger partial charge in [-0.1, -0.05) is 62.4 Å². The van der Waals surface area contributed by atoms with Crippen LogP contribution < -0.4 is 5.43 Å². The van der Waals surface area contributed by atoms with E-state index in [-0.39, 0.29) is 5.91 Å². The molecule has 0 saturated heterocycles. The fourth-order valence-electron chi connectivity index (χ4n) is 2.68. The van der Waals surface area contributed by atoms with Gasteiger partial charge in [-0.25, -0.2) is 5.43 Å². The van der Waals surface area contributed by atoms with Gasteiger partial charge in [0.05, 0.1) is 11.3 Å². The smallest absolute Gasteiger partial charge is 0.273 e. The van der Waals surface area contributed by atoms with Crippen molar-refractivity contribution >= 4 is 22.5 Å². The van der Waals surface area contributed by atoms with Crippen LogP contribution >= 0.6 is 0 Å². The number of carbonyl (C=O) groups excluding carboxylic acids is 1. The van der Waals surface area contributed by atoms with Gasteiger partial charge in [-0.15, -0.1) is 0 Å². The number of H-pyrrole nitrogens is 1. The van der Waals surface area contributed by atoms with Crippen molar-refractivity contribution in [3.8, 4) is 0 Å². The molecule has 3 rings (SSSR count). The third-order valence-corrected chi connectivity index (χ3v) is 3.83. The van der Waals surface area contributed by atoms with Gasteiger partial charge in [0.1, 0.15) is 0 Å². The lowest BCUT2D eigenvalue weighted by Crippen LogP contribution is -2.20. The zero-order valence-electron chi connectivity index (χ0n) is 13.9. The zero-order chi connectivity index (χ0) is 16.9. The number of aromatic amines is 1. The van der Waals surface area contributed by atoms with E-state index >= 15 is 0 Å². The van der Waals surface area contributed by atoms with Gasteiger partial charge < -0.3 is 4.98 Å². The number of carbonyl (C=O) groups is 1. The summed E-state index contributed by atoms with van der Waals surface area (Å²) in [6.45, 7) is 4.28. The van der Waals surface area contributed by atoms with Gasteiger partial charge >= 0.3 is 0 Å². The van der Waals surface area contributed by atoms with Crippen LogP contribution in [0.2, 0.25) is 0 Å². The van der Waals surface area contributed by atoms with Crippen LogP contribution in [-0.4, -0.2) is 16.6 Å². The Morgan fingerprint density at radius 2 is 1.79 bits per heavy atom. The summed E-state index contributed by atoms with van der Waals surface area (Å²) in [5.74, 6) is 0.249. The molecule has 1 aromatic heterocycles. The summed E-state index contributed by atoms with van der Waals surface area (Å²) < 4.78 is 0. The first-order valence-electron chi connectivity index (χ1n) is 8.13. The van der Waals surface area contributed by atoms with E-state index in [0.29, 0.717) is 11.5 Å². The lowest BCUT2D eigenvalue weighted by molar-refractivity contribution is 0.0956. The Labute approximate surface area is 141 Å². The van der Waals surface area contributed by atoms with E-state index in [1.54, 1.807) is 6.20 Å². The molecule has 4 heteroatoms. The van der Waals surface area contributed by atoms with E-state index < -0.39 is 0 Å². The molecule has 2 N–H and O–H groups in total. The second-order valence-corrected chi connectivity index (χ2v) is 6.21. The average molecular weight is 319 g/mol. The number of aromatic nitrogens is 1. The van der Waals surface area contributed by atoms with Crippen molar-refractivity contribution in [2.75, 3.05) is 0 Å². The molecule has 1 amide bonds. The number of fused-ring (bicyclic) bond motifs is 1. The molecule has 0 aliphatic heterocycles. The van der Waals surface area contributed by atoms with Crippen molar-refractivity contribution in [1.29, 1.82) is 0 Å². The van der Waals surface area contributed by atoms with Crippen molar-refractivity contribution in [3.63, 3.8) is 0 Å². The first-order valence-corrected chi connectivity index (χ1v) is 8.13. The van der Waals surface area contributed by atoms with Crippen molar-refractivity contribution in [2.45, 2.75) is 20.3 Å². The predicted molar refractivity (Wildman–Crippen MR) is 98.2 cm³/mol. The van der Waals surface area contributed by atoms with Crippen molar-refractivity contribution in [3.05, 3.63) is 71.9 Å². The number of nitrogens with zero attached hydrogens (tertiary/aromatic N) is 1.